The van der Waals surface area contributed by atoms with Gasteiger partial charge in [0.25, 0.3) is 0 Å². The molecular formula is C62H76Cl4N10O6. The Kier molecular flexibility index (Phi) is 20.9. The molecule has 7 N–H and O–H groups in total. The zero-order valence-corrected chi connectivity index (χ0v) is 50.6. The van der Waals surface area contributed by atoms with E-state index in [0.717, 1.165) is 95.4 Å². The fraction of sp³-hybridized carbons (Fsp3) is 0.452. The molecule has 0 unspecified atom stereocenters. The Morgan fingerprint density at radius 1 is 0.573 bits per heavy atom. The molecule has 4 aliphatic heterocycles. The summed E-state index contributed by atoms with van der Waals surface area (Å²) in [6, 6.07) is 34.5. The van der Waals surface area contributed by atoms with Crippen LogP contribution in [0.2, 0.25) is 20.1 Å². The van der Waals surface area contributed by atoms with Gasteiger partial charge in [0.15, 0.2) is 0 Å². The lowest BCUT2D eigenvalue weighted by molar-refractivity contribution is -0.146. The number of benzene rings is 4. The van der Waals surface area contributed by atoms with Crippen molar-refractivity contribution in [1.82, 2.24) is 30.1 Å². The number of halogens is 4. The van der Waals surface area contributed by atoms with Crippen LogP contribution in [0.25, 0.3) is 11.0 Å². The van der Waals surface area contributed by atoms with E-state index < -0.39 is 34.1 Å². The first-order valence-corrected chi connectivity index (χ1v) is 29.2. The molecule has 4 aliphatic rings. The van der Waals surface area contributed by atoms with Crippen LogP contribution in [0, 0.1) is 11.3 Å². The van der Waals surface area contributed by atoms with E-state index in [-0.39, 0.29) is 17.2 Å². The third kappa shape index (κ3) is 16.3. The van der Waals surface area contributed by atoms with Crippen molar-refractivity contribution in [2.45, 2.75) is 126 Å². The smallest absolute Gasteiger partial charge is 0.410 e. The standard InChI is InChI=1S/C17H18ClN5.C17H21ClN2O2.C17H22ClNO4.C11H15ClN2/c18-13-3-1-12(2-4-13)17(19)6-9-23(10-7-17)16-14-5-8-20-15(14)21-11-22-16;1-16(2,3)22-15(21)20-10-8-17(12-19,9-11-20)13-4-6-14(18)7-5-13;1-16(2,3)23-15(22)19-10-8-17(9-11-19,14(20)21)12-4-6-13(18)7-5-12;12-10-3-1-9(2-4-10)11(13)5-7-14-8-6-11/h1-5,8,11H,6-7,9-10,19H2,(H,20,21,22);4-7H,8-11H2,1-3H3;4-7H,8-11H2,1-3H3,(H,20,21);1-4,14H,5-8,13H2. The van der Waals surface area contributed by atoms with E-state index >= 15 is 0 Å². The third-order valence-corrected chi connectivity index (χ3v) is 16.6. The number of amides is 2. The van der Waals surface area contributed by atoms with E-state index in [1.54, 1.807) is 52.5 Å². The molecule has 0 spiro atoms. The first kappa shape index (κ1) is 63.4. The number of hydrogen-bond donors (Lipinski definition) is 5. The van der Waals surface area contributed by atoms with Gasteiger partial charge in [0.1, 0.15) is 29.0 Å². The first-order valence-electron chi connectivity index (χ1n) is 27.7. The summed E-state index contributed by atoms with van der Waals surface area (Å²) in [5.41, 5.74) is 14.8. The second-order valence-electron chi connectivity index (χ2n) is 23.5. The number of nitriles is 1. The van der Waals surface area contributed by atoms with Gasteiger partial charge in [-0.25, -0.2) is 19.6 Å². The summed E-state index contributed by atoms with van der Waals surface area (Å²) in [6.45, 7) is 16.5. The molecule has 16 nitrogen and oxygen atoms in total. The molecule has 0 atom stereocenters. The maximum Gasteiger partial charge on any atom is 0.410 e. The molecule has 82 heavy (non-hydrogen) atoms. The van der Waals surface area contributed by atoms with Crippen LogP contribution in [-0.2, 0) is 36.2 Å². The zero-order valence-electron chi connectivity index (χ0n) is 47.6. The Bertz CT molecular complexity index is 3110. The van der Waals surface area contributed by atoms with Gasteiger partial charge in [0, 0.05) is 76.6 Å². The lowest BCUT2D eigenvalue weighted by atomic mass is 9.73. The number of hydrogen-bond acceptors (Lipinski definition) is 12. The molecule has 6 heterocycles. The quantitative estimate of drug-likeness (QED) is 0.105. The number of nitrogens with two attached hydrogens (primary N) is 2. The van der Waals surface area contributed by atoms with E-state index in [2.05, 4.69) is 31.2 Å². The van der Waals surface area contributed by atoms with Gasteiger partial charge in [0.05, 0.1) is 22.3 Å². The number of rotatable bonds is 6. The van der Waals surface area contributed by atoms with Crippen molar-refractivity contribution < 1.29 is 29.0 Å². The second-order valence-corrected chi connectivity index (χ2v) is 25.3. The summed E-state index contributed by atoms with van der Waals surface area (Å²) in [6.07, 6.45) is 8.45. The summed E-state index contributed by atoms with van der Waals surface area (Å²) >= 11 is 23.6. The van der Waals surface area contributed by atoms with E-state index in [0.29, 0.717) is 61.9 Å². The fourth-order valence-electron chi connectivity index (χ4n) is 10.7. The summed E-state index contributed by atoms with van der Waals surface area (Å²) in [7, 11) is 0. The number of carbonyl (C=O) groups excluding carboxylic acids is 2. The number of fused-ring (bicyclic) bond motifs is 1. The van der Waals surface area contributed by atoms with Gasteiger partial charge in [-0.3, -0.25) is 4.79 Å². The van der Waals surface area contributed by atoms with Crippen molar-refractivity contribution in [3.05, 3.63) is 158 Å². The highest BCUT2D eigenvalue weighted by molar-refractivity contribution is 6.31. The van der Waals surface area contributed by atoms with Crippen molar-refractivity contribution in [3.8, 4) is 6.07 Å². The second kappa shape index (κ2) is 27.0. The van der Waals surface area contributed by atoms with Crippen LogP contribution in [0.3, 0.4) is 0 Å². The highest BCUT2D eigenvalue weighted by Crippen LogP contribution is 2.39. The summed E-state index contributed by atoms with van der Waals surface area (Å²) in [5, 5.41) is 26.5. The number of nitrogens with one attached hydrogen (secondary N) is 2. The molecular weight excluding hydrogens is 1120 g/mol. The van der Waals surface area contributed by atoms with Crippen molar-refractivity contribution >= 4 is 81.4 Å². The maximum absolute atomic E-state index is 12.1. The van der Waals surface area contributed by atoms with Gasteiger partial charge in [-0.1, -0.05) is 94.9 Å². The number of aromatic amines is 1. The molecule has 0 radical (unpaired) electrons. The average molecular weight is 1200 g/mol. The summed E-state index contributed by atoms with van der Waals surface area (Å²) in [4.78, 5) is 53.5. The van der Waals surface area contributed by atoms with Gasteiger partial charge in [0.2, 0.25) is 0 Å². The number of carboxylic acid groups (broad SMARTS) is 1. The van der Waals surface area contributed by atoms with Crippen molar-refractivity contribution in [1.29, 1.82) is 5.26 Å². The van der Waals surface area contributed by atoms with Crippen LogP contribution in [0.15, 0.2) is 116 Å². The van der Waals surface area contributed by atoms with E-state index in [4.69, 9.17) is 67.3 Å². The summed E-state index contributed by atoms with van der Waals surface area (Å²) < 4.78 is 10.7. The molecule has 0 saturated carbocycles. The Labute approximate surface area is 501 Å². The predicted molar refractivity (Wildman–Crippen MR) is 326 cm³/mol. The van der Waals surface area contributed by atoms with Gasteiger partial charge in [-0.2, -0.15) is 5.26 Å². The molecule has 2 amide bonds. The van der Waals surface area contributed by atoms with E-state index in [9.17, 15) is 24.8 Å². The number of H-pyrrole nitrogens is 1. The fourth-order valence-corrected chi connectivity index (χ4v) is 11.2. The largest absolute Gasteiger partial charge is 0.481 e. The Morgan fingerprint density at radius 3 is 1.39 bits per heavy atom. The minimum absolute atomic E-state index is 0.157. The number of piperidine rings is 4. The number of likely N-dealkylation sites (tertiary alicyclic amines) is 2. The normalized spacial score (nSPS) is 18.2. The minimum atomic E-state index is -0.983. The molecule has 4 fully saturated rings. The SMILES string of the molecule is CC(C)(C)OC(=O)N1CCC(C#N)(c2ccc(Cl)cc2)CC1.CC(C)(C)OC(=O)N1CCC(C(=O)O)(c2ccc(Cl)cc2)CC1.NC1(c2ccc(Cl)cc2)CCN(c2ncnc3[nH]ccc23)CC1.NC1(c2ccc(Cl)cc2)CCNCC1. The van der Waals surface area contributed by atoms with Crippen LogP contribution in [-0.4, -0.2) is 112 Å². The van der Waals surface area contributed by atoms with Crippen molar-refractivity contribution in [2.24, 2.45) is 11.5 Å². The predicted octanol–water partition coefficient (Wildman–Crippen LogP) is 12.8. The maximum atomic E-state index is 12.1. The Hall–Kier alpha value is -6.16. The number of carbonyl (C=O) groups is 3. The topological polar surface area (TPSA) is 229 Å². The number of anilines is 1. The highest BCUT2D eigenvalue weighted by Gasteiger charge is 2.45. The highest BCUT2D eigenvalue weighted by atomic mass is 35.5. The lowest BCUT2D eigenvalue weighted by Crippen LogP contribution is -2.50. The van der Waals surface area contributed by atoms with E-state index in [1.807, 2.05) is 114 Å². The monoisotopic (exact) mass is 1200 g/mol. The molecule has 4 saturated heterocycles. The molecule has 0 aliphatic carbocycles. The van der Waals surface area contributed by atoms with Crippen LogP contribution in [0.1, 0.15) is 115 Å². The molecule has 2 aromatic heterocycles. The number of carboxylic acids is 1. The van der Waals surface area contributed by atoms with Gasteiger partial charge >= 0.3 is 18.2 Å². The van der Waals surface area contributed by atoms with Crippen LogP contribution >= 0.6 is 46.4 Å². The number of nitrogens with zero attached hydrogens (tertiary/aromatic N) is 6. The average Bonchev–Trinajstić information content (AvgIpc) is 4.03. The van der Waals surface area contributed by atoms with E-state index in [1.165, 1.54) is 5.56 Å². The van der Waals surface area contributed by atoms with Gasteiger partial charge < -0.3 is 51.0 Å². The van der Waals surface area contributed by atoms with Crippen molar-refractivity contribution in [3.63, 3.8) is 0 Å². The summed E-state index contributed by atoms with van der Waals surface area (Å²) in [5.74, 6) is 0.109. The lowest BCUT2D eigenvalue weighted by Gasteiger charge is -2.40. The zero-order chi connectivity index (χ0) is 59.5. The van der Waals surface area contributed by atoms with Gasteiger partial charge in [-0.05, 0) is 183 Å². The molecule has 6 aromatic rings. The molecule has 0 bridgehead atoms. The number of aliphatic carboxylic acids is 1. The van der Waals surface area contributed by atoms with Crippen LogP contribution < -0.4 is 21.7 Å². The van der Waals surface area contributed by atoms with Gasteiger partial charge in [-0.15, -0.1) is 0 Å². The molecule has 4 aromatic carbocycles. The molecule has 438 valence electrons. The van der Waals surface area contributed by atoms with Crippen LogP contribution in [0.4, 0.5) is 15.4 Å². The number of ether oxygens (including phenoxy) is 2. The number of aromatic nitrogens is 3. The minimum Gasteiger partial charge on any atom is -0.481 e. The molecule has 20 heteroatoms. The van der Waals surface area contributed by atoms with Crippen LogP contribution in [0.5, 0.6) is 0 Å². The Balaban J connectivity index is 0.000000160. The first-order chi connectivity index (χ1) is 38.8. The molecule has 10 rings (SSSR count). The van der Waals surface area contributed by atoms with Crippen molar-refractivity contribution in [2.75, 3.05) is 57.3 Å². The Morgan fingerprint density at radius 2 is 0.976 bits per heavy atom. The third-order valence-electron chi connectivity index (χ3n) is 15.6.